The third kappa shape index (κ3) is 4.89. The molecule has 35 heavy (non-hydrogen) atoms. The van der Waals surface area contributed by atoms with Crippen molar-refractivity contribution in [1.29, 1.82) is 0 Å². The van der Waals surface area contributed by atoms with Gasteiger partial charge in [0.15, 0.2) is 6.29 Å². The number of aromatic hydroxyl groups is 2. The SMILES string of the molecule is COC(OC)C1CCN(c2ccc([C@@H]3c4ccc(O)cc4CC[C@@H]3c3cccc(O)c3)cc2)CC1. The Balaban J connectivity index is 1.41. The highest BCUT2D eigenvalue weighted by Crippen LogP contribution is 2.47. The van der Waals surface area contributed by atoms with E-state index in [0.717, 1.165) is 44.3 Å². The van der Waals surface area contributed by atoms with E-state index in [4.69, 9.17) is 9.47 Å². The molecule has 0 radical (unpaired) electrons. The molecule has 3 aromatic carbocycles. The molecule has 2 atom stereocenters. The van der Waals surface area contributed by atoms with Crippen molar-refractivity contribution in [2.75, 3.05) is 32.2 Å². The second kappa shape index (κ2) is 10.3. The Morgan fingerprint density at radius 1 is 0.800 bits per heavy atom. The largest absolute Gasteiger partial charge is 0.508 e. The fourth-order valence-corrected chi connectivity index (χ4v) is 6.14. The number of hydrogen-bond donors (Lipinski definition) is 2. The van der Waals surface area contributed by atoms with E-state index in [-0.39, 0.29) is 18.1 Å². The topological polar surface area (TPSA) is 62.2 Å². The zero-order chi connectivity index (χ0) is 24.4. The van der Waals surface area contributed by atoms with Crippen molar-refractivity contribution in [3.63, 3.8) is 0 Å². The maximum Gasteiger partial charge on any atom is 0.159 e. The molecule has 5 heteroatoms. The van der Waals surface area contributed by atoms with Crippen LogP contribution < -0.4 is 4.90 Å². The molecule has 2 N–H and O–H groups in total. The number of methoxy groups -OCH3 is 2. The summed E-state index contributed by atoms with van der Waals surface area (Å²) in [7, 11) is 3.43. The minimum atomic E-state index is -0.125. The lowest BCUT2D eigenvalue weighted by Crippen LogP contribution is -2.39. The lowest BCUT2D eigenvalue weighted by molar-refractivity contribution is -0.141. The van der Waals surface area contributed by atoms with Gasteiger partial charge in [0, 0.05) is 44.8 Å². The average molecular weight is 474 g/mol. The van der Waals surface area contributed by atoms with Crippen LogP contribution in [0.2, 0.25) is 0 Å². The molecule has 3 aromatic rings. The van der Waals surface area contributed by atoms with Crippen LogP contribution in [0.25, 0.3) is 0 Å². The summed E-state index contributed by atoms with van der Waals surface area (Å²) in [4.78, 5) is 2.45. The molecule has 5 nitrogen and oxygen atoms in total. The van der Waals surface area contributed by atoms with Crippen LogP contribution in [0.3, 0.4) is 0 Å². The molecular formula is C30H35NO4. The van der Waals surface area contributed by atoms with E-state index in [1.165, 1.54) is 22.4 Å². The molecule has 5 rings (SSSR count). The molecule has 184 valence electrons. The second-order valence-electron chi connectivity index (χ2n) is 9.86. The van der Waals surface area contributed by atoms with Crippen molar-refractivity contribution in [3.05, 3.63) is 89.0 Å². The summed E-state index contributed by atoms with van der Waals surface area (Å²) >= 11 is 0. The molecule has 1 saturated heterocycles. The number of phenolic OH excluding ortho intramolecular Hbond substituents is 2. The fraction of sp³-hybridized carbons (Fsp3) is 0.400. The van der Waals surface area contributed by atoms with E-state index in [9.17, 15) is 10.2 Å². The van der Waals surface area contributed by atoms with E-state index in [1.807, 2.05) is 18.2 Å². The van der Waals surface area contributed by atoms with Crippen LogP contribution >= 0.6 is 0 Å². The zero-order valence-electron chi connectivity index (χ0n) is 20.6. The summed E-state index contributed by atoms with van der Waals surface area (Å²) in [6.07, 6.45) is 3.86. The summed E-state index contributed by atoms with van der Waals surface area (Å²) in [5, 5.41) is 20.2. The normalized spacial score (nSPS) is 20.7. The van der Waals surface area contributed by atoms with Gasteiger partial charge in [-0.15, -0.1) is 0 Å². The van der Waals surface area contributed by atoms with Gasteiger partial charge in [-0.05, 0) is 90.3 Å². The van der Waals surface area contributed by atoms with Gasteiger partial charge >= 0.3 is 0 Å². The predicted octanol–water partition coefficient (Wildman–Crippen LogP) is 5.80. The maximum atomic E-state index is 10.1. The van der Waals surface area contributed by atoms with Crippen molar-refractivity contribution in [2.45, 2.75) is 43.8 Å². The van der Waals surface area contributed by atoms with Crippen molar-refractivity contribution in [2.24, 2.45) is 5.92 Å². The first kappa shape index (κ1) is 23.7. The molecule has 1 heterocycles. The second-order valence-corrected chi connectivity index (χ2v) is 9.86. The van der Waals surface area contributed by atoms with E-state index < -0.39 is 0 Å². The Kier molecular flexibility index (Phi) is 6.98. The van der Waals surface area contributed by atoms with E-state index in [1.54, 1.807) is 26.4 Å². The lowest BCUT2D eigenvalue weighted by Gasteiger charge is -2.37. The van der Waals surface area contributed by atoms with Crippen LogP contribution in [0.1, 0.15) is 53.4 Å². The molecule has 0 amide bonds. The van der Waals surface area contributed by atoms with Crippen LogP contribution in [0.4, 0.5) is 5.69 Å². The quantitative estimate of drug-likeness (QED) is 0.444. The summed E-state index contributed by atoms with van der Waals surface area (Å²) in [5.74, 6) is 1.49. The summed E-state index contributed by atoms with van der Waals surface area (Å²) in [5.41, 5.74) is 6.15. The number of nitrogens with zero attached hydrogens (tertiary/aromatic N) is 1. The zero-order valence-corrected chi connectivity index (χ0v) is 20.6. The molecule has 0 aromatic heterocycles. The summed E-state index contributed by atoms with van der Waals surface area (Å²) in [6, 6.07) is 22.5. The van der Waals surface area contributed by atoms with E-state index in [2.05, 4.69) is 41.3 Å². The first-order valence-electron chi connectivity index (χ1n) is 12.6. The van der Waals surface area contributed by atoms with Crippen LogP contribution in [0.15, 0.2) is 66.7 Å². The van der Waals surface area contributed by atoms with Crippen molar-refractivity contribution < 1.29 is 19.7 Å². The molecule has 0 unspecified atom stereocenters. The minimum Gasteiger partial charge on any atom is -0.508 e. The van der Waals surface area contributed by atoms with Gasteiger partial charge in [-0.25, -0.2) is 0 Å². The Labute approximate surface area is 207 Å². The number of anilines is 1. The maximum absolute atomic E-state index is 10.1. The fourth-order valence-electron chi connectivity index (χ4n) is 6.14. The number of phenols is 2. The molecule has 1 fully saturated rings. The highest BCUT2D eigenvalue weighted by molar-refractivity contribution is 5.53. The van der Waals surface area contributed by atoms with Gasteiger partial charge in [-0.1, -0.05) is 30.3 Å². The highest BCUT2D eigenvalue weighted by atomic mass is 16.7. The number of ether oxygens (including phenoxy) is 2. The van der Waals surface area contributed by atoms with Crippen LogP contribution in [0, 0.1) is 5.92 Å². The van der Waals surface area contributed by atoms with Crippen LogP contribution in [0.5, 0.6) is 11.5 Å². The van der Waals surface area contributed by atoms with Gasteiger partial charge in [-0.2, -0.15) is 0 Å². The monoisotopic (exact) mass is 473 g/mol. The Morgan fingerprint density at radius 2 is 1.51 bits per heavy atom. The molecule has 0 saturated carbocycles. The first-order chi connectivity index (χ1) is 17.1. The molecule has 2 aliphatic rings. The average Bonchev–Trinajstić information content (AvgIpc) is 2.89. The van der Waals surface area contributed by atoms with E-state index in [0.29, 0.717) is 17.4 Å². The summed E-state index contributed by atoms with van der Waals surface area (Å²) < 4.78 is 11.0. The molecule has 1 aliphatic carbocycles. The number of piperidine rings is 1. The Hall–Kier alpha value is -3.02. The molecule has 0 bridgehead atoms. The number of fused-ring (bicyclic) bond motifs is 1. The number of benzene rings is 3. The smallest absolute Gasteiger partial charge is 0.159 e. The number of aryl methyl sites for hydroxylation is 1. The molecule has 1 aliphatic heterocycles. The van der Waals surface area contributed by atoms with Crippen LogP contribution in [-0.4, -0.2) is 43.8 Å². The van der Waals surface area contributed by atoms with Gasteiger partial charge in [0.25, 0.3) is 0 Å². The van der Waals surface area contributed by atoms with E-state index >= 15 is 0 Å². The highest BCUT2D eigenvalue weighted by Gasteiger charge is 2.33. The predicted molar refractivity (Wildman–Crippen MR) is 138 cm³/mol. The van der Waals surface area contributed by atoms with Gasteiger partial charge in [0.1, 0.15) is 11.5 Å². The van der Waals surface area contributed by atoms with Crippen molar-refractivity contribution >= 4 is 5.69 Å². The lowest BCUT2D eigenvalue weighted by atomic mass is 9.69. The van der Waals surface area contributed by atoms with Gasteiger partial charge in [-0.3, -0.25) is 0 Å². The third-order valence-electron chi connectivity index (χ3n) is 7.89. The van der Waals surface area contributed by atoms with Gasteiger partial charge in [0.2, 0.25) is 0 Å². The minimum absolute atomic E-state index is 0.125. The van der Waals surface area contributed by atoms with Crippen molar-refractivity contribution in [1.82, 2.24) is 0 Å². The summed E-state index contributed by atoms with van der Waals surface area (Å²) in [6.45, 7) is 1.98. The standard InChI is InChI=1S/C30H35NO4/c1-34-30(35-2)21-14-16-31(17-15-21)24-9-6-20(7-10-24)29-27(22-4-3-5-25(32)18-22)12-8-23-19-26(33)11-13-28(23)29/h3-7,9-11,13,18-19,21,27,29-30,32-33H,8,12,14-17H2,1-2H3/t27-,29+/m1/s1. The molecular weight excluding hydrogens is 438 g/mol. The molecule has 0 spiro atoms. The van der Waals surface area contributed by atoms with Crippen LogP contribution in [-0.2, 0) is 15.9 Å². The first-order valence-corrected chi connectivity index (χ1v) is 12.6. The van der Waals surface area contributed by atoms with Gasteiger partial charge < -0.3 is 24.6 Å². The number of hydrogen-bond acceptors (Lipinski definition) is 5. The van der Waals surface area contributed by atoms with Gasteiger partial charge in [0.05, 0.1) is 0 Å². The number of rotatable bonds is 6. The third-order valence-corrected chi connectivity index (χ3v) is 7.89. The van der Waals surface area contributed by atoms with Crippen molar-refractivity contribution in [3.8, 4) is 11.5 Å². The Bertz CT molecular complexity index is 1130. The Morgan fingerprint density at radius 3 is 2.20 bits per heavy atom.